The quantitative estimate of drug-likeness (QED) is 0.549. The lowest BCUT2D eigenvalue weighted by Crippen LogP contribution is -2.38. The third-order valence-electron chi connectivity index (χ3n) is 5.95. The predicted octanol–water partition coefficient (Wildman–Crippen LogP) is 2.95. The standard InChI is InChI=1S/C24H26N2O8/c1-13-7-19(27)22(23(29)32-2)20(8-13)33-12-15-9-17(11-26(15)24(30)31)34-16-5-3-14-4-6-21(28)25-18(14)10-16/h3,5,7-8,10,15,17,27H,4,6,9,11-12H2,1-2H3,(H,25,28)(H,30,31)/t15-,17+/m1/s1. The summed E-state index contributed by atoms with van der Waals surface area (Å²) in [5.74, 6) is -0.425. The van der Waals surface area contributed by atoms with Crippen LogP contribution in [-0.4, -0.2) is 65.5 Å². The molecular formula is C24H26N2O8. The van der Waals surface area contributed by atoms with Crippen molar-refractivity contribution < 1.29 is 38.8 Å². The number of rotatable bonds is 6. The van der Waals surface area contributed by atoms with E-state index in [0.717, 1.165) is 5.56 Å². The minimum atomic E-state index is -1.11. The minimum Gasteiger partial charge on any atom is -0.507 e. The molecule has 2 aromatic carbocycles. The molecule has 2 amide bonds. The Bertz CT molecular complexity index is 1130. The molecule has 0 saturated carbocycles. The highest BCUT2D eigenvalue weighted by Gasteiger charge is 2.37. The zero-order valence-electron chi connectivity index (χ0n) is 18.9. The van der Waals surface area contributed by atoms with Crippen LogP contribution in [0.1, 0.15) is 34.3 Å². The van der Waals surface area contributed by atoms with Crippen molar-refractivity contribution in [1.29, 1.82) is 0 Å². The summed E-state index contributed by atoms with van der Waals surface area (Å²) < 4.78 is 16.6. The molecule has 3 N–H and O–H groups in total. The van der Waals surface area contributed by atoms with Gasteiger partial charge in [0.25, 0.3) is 0 Å². The molecule has 0 unspecified atom stereocenters. The van der Waals surface area contributed by atoms with E-state index in [1.807, 2.05) is 12.1 Å². The summed E-state index contributed by atoms with van der Waals surface area (Å²) in [6.07, 6.45) is -0.0624. The number of phenols is 1. The molecule has 2 aliphatic rings. The highest BCUT2D eigenvalue weighted by atomic mass is 16.5. The van der Waals surface area contributed by atoms with Gasteiger partial charge in [-0.1, -0.05) is 6.07 Å². The van der Waals surface area contributed by atoms with Crippen LogP contribution in [0.4, 0.5) is 10.5 Å². The number of hydrogen-bond acceptors (Lipinski definition) is 7. The molecule has 0 bridgehead atoms. The largest absolute Gasteiger partial charge is 0.507 e. The second-order valence-corrected chi connectivity index (χ2v) is 8.39. The van der Waals surface area contributed by atoms with Crippen LogP contribution >= 0.6 is 0 Å². The number of aryl methyl sites for hydroxylation is 2. The number of benzene rings is 2. The summed E-state index contributed by atoms with van der Waals surface area (Å²) in [4.78, 5) is 36.8. The average molecular weight is 470 g/mol. The molecule has 1 saturated heterocycles. The van der Waals surface area contributed by atoms with Gasteiger partial charge in [0, 0.05) is 24.6 Å². The highest BCUT2D eigenvalue weighted by Crippen LogP contribution is 2.33. The zero-order valence-corrected chi connectivity index (χ0v) is 18.9. The van der Waals surface area contributed by atoms with Gasteiger partial charge in [-0.3, -0.25) is 9.69 Å². The summed E-state index contributed by atoms with van der Waals surface area (Å²) in [6.45, 7) is 1.83. The van der Waals surface area contributed by atoms with E-state index >= 15 is 0 Å². The number of fused-ring (bicyclic) bond motifs is 1. The smallest absolute Gasteiger partial charge is 0.407 e. The van der Waals surface area contributed by atoms with Gasteiger partial charge < -0.3 is 29.7 Å². The molecule has 1 fully saturated rings. The first-order chi connectivity index (χ1) is 16.2. The number of carbonyl (C=O) groups excluding carboxylic acids is 2. The number of phenolic OH excluding ortho intramolecular Hbond substituents is 1. The second-order valence-electron chi connectivity index (χ2n) is 8.39. The van der Waals surface area contributed by atoms with E-state index in [-0.39, 0.29) is 36.1 Å². The van der Waals surface area contributed by atoms with Gasteiger partial charge in [-0.15, -0.1) is 0 Å². The van der Waals surface area contributed by atoms with E-state index in [0.29, 0.717) is 36.3 Å². The number of aromatic hydroxyl groups is 1. The van der Waals surface area contributed by atoms with E-state index in [1.165, 1.54) is 18.1 Å². The first kappa shape index (κ1) is 23.2. The number of nitrogens with zero attached hydrogens (tertiary/aromatic N) is 1. The van der Waals surface area contributed by atoms with E-state index < -0.39 is 24.2 Å². The number of likely N-dealkylation sites (tertiary alicyclic amines) is 1. The lowest BCUT2D eigenvalue weighted by Gasteiger charge is -2.22. The fourth-order valence-corrected chi connectivity index (χ4v) is 4.31. The number of carbonyl (C=O) groups is 3. The van der Waals surface area contributed by atoms with Gasteiger partial charge >= 0.3 is 12.1 Å². The van der Waals surface area contributed by atoms with E-state index in [4.69, 9.17) is 14.2 Å². The molecule has 0 aromatic heterocycles. The molecular weight excluding hydrogens is 444 g/mol. The van der Waals surface area contributed by atoms with Crippen LogP contribution in [-0.2, 0) is 16.0 Å². The van der Waals surface area contributed by atoms with Crippen LogP contribution in [0.15, 0.2) is 30.3 Å². The third kappa shape index (κ3) is 4.85. The van der Waals surface area contributed by atoms with Crippen LogP contribution in [0.25, 0.3) is 0 Å². The normalized spacial score (nSPS) is 19.2. The Labute approximate surface area is 196 Å². The monoisotopic (exact) mass is 470 g/mol. The predicted molar refractivity (Wildman–Crippen MR) is 121 cm³/mol. The Hall–Kier alpha value is -3.95. The number of amides is 2. The van der Waals surface area contributed by atoms with E-state index in [1.54, 1.807) is 19.1 Å². The van der Waals surface area contributed by atoms with Crippen LogP contribution in [0.2, 0.25) is 0 Å². The first-order valence-electron chi connectivity index (χ1n) is 10.9. The molecule has 4 rings (SSSR count). The first-order valence-corrected chi connectivity index (χ1v) is 10.9. The summed E-state index contributed by atoms with van der Waals surface area (Å²) >= 11 is 0. The van der Waals surface area contributed by atoms with Gasteiger partial charge in [-0.2, -0.15) is 0 Å². The summed E-state index contributed by atoms with van der Waals surface area (Å²) in [7, 11) is 1.20. The van der Waals surface area contributed by atoms with Crippen LogP contribution in [0.5, 0.6) is 17.2 Å². The van der Waals surface area contributed by atoms with Crippen molar-refractivity contribution in [1.82, 2.24) is 4.90 Å². The minimum absolute atomic E-state index is 0.0424. The highest BCUT2D eigenvalue weighted by molar-refractivity contribution is 5.95. The fraction of sp³-hybridized carbons (Fsp3) is 0.375. The van der Waals surface area contributed by atoms with Gasteiger partial charge in [0.1, 0.15) is 35.5 Å². The van der Waals surface area contributed by atoms with Crippen molar-refractivity contribution in [3.8, 4) is 17.2 Å². The second kappa shape index (κ2) is 9.50. The topological polar surface area (TPSA) is 135 Å². The van der Waals surface area contributed by atoms with Crippen molar-refractivity contribution in [2.24, 2.45) is 0 Å². The number of nitrogens with one attached hydrogen (secondary N) is 1. The molecule has 10 heteroatoms. The van der Waals surface area contributed by atoms with Crippen LogP contribution in [0, 0.1) is 6.92 Å². The van der Waals surface area contributed by atoms with Gasteiger partial charge in [-0.25, -0.2) is 9.59 Å². The maximum absolute atomic E-state index is 12.1. The fourth-order valence-electron chi connectivity index (χ4n) is 4.31. The Balaban J connectivity index is 1.47. The van der Waals surface area contributed by atoms with Crippen molar-refractivity contribution in [2.45, 2.75) is 38.3 Å². The number of esters is 1. The SMILES string of the molecule is COC(=O)c1c(O)cc(C)cc1OC[C@H]1C[C@H](Oc2ccc3c(c2)NC(=O)CC3)CN1C(=O)O. The molecule has 10 nitrogen and oxygen atoms in total. The van der Waals surface area contributed by atoms with Gasteiger partial charge in [0.15, 0.2) is 0 Å². The van der Waals surface area contributed by atoms with Crippen molar-refractivity contribution in [2.75, 3.05) is 25.6 Å². The van der Waals surface area contributed by atoms with E-state index in [9.17, 15) is 24.6 Å². The summed E-state index contributed by atoms with van der Waals surface area (Å²) in [5.41, 5.74) is 2.29. The Morgan fingerprint density at radius 3 is 2.74 bits per heavy atom. The maximum atomic E-state index is 12.1. The van der Waals surface area contributed by atoms with Crippen molar-refractivity contribution in [3.63, 3.8) is 0 Å². The Morgan fingerprint density at radius 2 is 2.00 bits per heavy atom. The third-order valence-corrected chi connectivity index (χ3v) is 5.95. The molecule has 34 heavy (non-hydrogen) atoms. The van der Waals surface area contributed by atoms with Gasteiger partial charge in [0.2, 0.25) is 5.91 Å². The van der Waals surface area contributed by atoms with Gasteiger partial charge in [0.05, 0.1) is 19.7 Å². The molecule has 2 aromatic rings. The van der Waals surface area contributed by atoms with Gasteiger partial charge in [-0.05, 0) is 42.7 Å². The molecule has 0 spiro atoms. The molecule has 0 aliphatic carbocycles. The van der Waals surface area contributed by atoms with Crippen LogP contribution in [0.3, 0.4) is 0 Å². The molecule has 2 aliphatic heterocycles. The molecule has 2 atom stereocenters. The zero-order chi connectivity index (χ0) is 24.4. The number of methoxy groups -OCH3 is 1. The maximum Gasteiger partial charge on any atom is 0.407 e. The number of carboxylic acid groups (broad SMARTS) is 1. The van der Waals surface area contributed by atoms with Crippen LogP contribution < -0.4 is 14.8 Å². The molecule has 2 heterocycles. The lowest BCUT2D eigenvalue weighted by atomic mass is 10.0. The lowest BCUT2D eigenvalue weighted by molar-refractivity contribution is -0.116. The number of ether oxygens (including phenoxy) is 3. The molecule has 180 valence electrons. The van der Waals surface area contributed by atoms with E-state index in [2.05, 4.69) is 5.32 Å². The summed E-state index contributed by atoms with van der Waals surface area (Å²) in [6, 6.07) is 7.92. The Kier molecular flexibility index (Phi) is 6.49. The number of anilines is 1. The molecule has 0 radical (unpaired) electrons. The average Bonchev–Trinajstić information content (AvgIpc) is 3.19. The van der Waals surface area contributed by atoms with Crippen molar-refractivity contribution >= 4 is 23.7 Å². The number of hydrogen-bond donors (Lipinski definition) is 3. The van der Waals surface area contributed by atoms with Crippen molar-refractivity contribution in [3.05, 3.63) is 47.0 Å². The Morgan fingerprint density at radius 1 is 1.21 bits per heavy atom. The summed E-state index contributed by atoms with van der Waals surface area (Å²) in [5, 5.41) is 22.7.